The third-order valence-corrected chi connectivity index (χ3v) is 11.7. The van der Waals surface area contributed by atoms with E-state index in [-0.39, 0.29) is 24.1 Å². The fourth-order valence-electron chi connectivity index (χ4n) is 7.70. The Kier molecular flexibility index (Phi) is 14.2. The van der Waals surface area contributed by atoms with Crippen LogP contribution in [-0.4, -0.2) is 81.5 Å². The van der Waals surface area contributed by atoms with Gasteiger partial charge in [0.05, 0.1) is 36.1 Å². The highest BCUT2D eigenvalue weighted by molar-refractivity contribution is 7.94. The van der Waals surface area contributed by atoms with E-state index in [9.17, 15) is 32.5 Å². The Labute approximate surface area is 341 Å². The molecule has 0 fully saturated rings. The average Bonchev–Trinajstić information content (AvgIpc) is 3.51. The number of nitrogens with one attached hydrogen (secondary N) is 1. The van der Waals surface area contributed by atoms with E-state index in [1.54, 1.807) is 0 Å². The predicted octanol–water partition coefficient (Wildman–Crippen LogP) is 7.10. The van der Waals surface area contributed by atoms with Crippen LogP contribution in [0.2, 0.25) is 0 Å². The molecule has 3 aromatic carbocycles. The fraction of sp³-hybridized carbons (Fsp3) is 0.333. The molecule has 0 radical (unpaired) electrons. The average molecular weight is 835 g/mol. The smallest absolute Gasteiger partial charge is 0.326 e. The number of carbonyl (C=O) groups is 3. The van der Waals surface area contributed by atoms with Crippen molar-refractivity contribution < 1.29 is 56.8 Å². The van der Waals surface area contributed by atoms with Crippen molar-refractivity contribution in [2.75, 3.05) is 23.7 Å². The Morgan fingerprint density at radius 1 is 0.948 bits per heavy atom. The number of anilines is 1. The van der Waals surface area contributed by atoms with Crippen molar-refractivity contribution in [1.29, 1.82) is 0 Å². The number of carboxylic acid groups (broad SMARTS) is 2. The molecule has 0 saturated carbocycles. The molecule has 2 aliphatic heterocycles. The standard InChI is InChI=1S/C42H47N3O11S2/c1-41(2)31-14-10-11-15-33(31)44(23-12-13-25-58(52,53)54)35(41)16-8-6-5-7-9-17-36-42(3,4)39-30-20-19-29(57-56-55-51)26-28(30)18-21-34(39)45(36)24-22-37(46)43-32(40(49)50)27-38(47)48/h5-11,14-21,26,32H,12-13,22-25,27H2,1-4H3,(H4-,43,46,47,48,49,50,51,52,53,54)/p+1. The summed E-state index contributed by atoms with van der Waals surface area (Å²) in [5.41, 5.74) is 5.18. The van der Waals surface area contributed by atoms with Crippen molar-refractivity contribution in [3.63, 3.8) is 0 Å². The summed E-state index contributed by atoms with van der Waals surface area (Å²) in [7, 11) is -4.03. The normalized spacial score (nSPS) is 17.2. The molecule has 1 amide bonds. The highest BCUT2D eigenvalue weighted by Crippen LogP contribution is 2.48. The molecule has 5 N–H and O–H groups in total. The molecule has 0 saturated heterocycles. The van der Waals surface area contributed by atoms with E-state index in [0.717, 1.165) is 51.2 Å². The molecule has 5 rings (SSSR count). The van der Waals surface area contributed by atoms with Gasteiger partial charge in [0.2, 0.25) is 11.6 Å². The number of allylic oxidation sites excluding steroid dienone is 8. The van der Waals surface area contributed by atoms with Gasteiger partial charge < -0.3 is 20.4 Å². The summed E-state index contributed by atoms with van der Waals surface area (Å²) in [6, 6.07) is 16.1. The van der Waals surface area contributed by atoms with Crippen LogP contribution in [0.5, 0.6) is 0 Å². The molecule has 308 valence electrons. The summed E-state index contributed by atoms with van der Waals surface area (Å²) >= 11 is 0.852. The second-order valence-electron chi connectivity index (χ2n) is 15.0. The van der Waals surface area contributed by atoms with Crippen LogP contribution in [0.25, 0.3) is 10.8 Å². The Balaban J connectivity index is 1.40. The summed E-state index contributed by atoms with van der Waals surface area (Å²) < 4.78 is 38.4. The van der Waals surface area contributed by atoms with Gasteiger partial charge in [-0.25, -0.2) is 10.1 Å². The van der Waals surface area contributed by atoms with E-state index >= 15 is 0 Å². The van der Waals surface area contributed by atoms with E-state index in [1.807, 2.05) is 83.5 Å². The van der Waals surface area contributed by atoms with Gasteiger partial charge in [0.15, 0.2) is 12.3 Å². The summed E-state index contributed by atoms with van der Waals surface area (Å²) in [6.07, 6.45) is 13.7. The van der Waals surface area contributed by atoms with Crippen LogP contribution in [-0.2, 0) is 44.7 Å². The van der Waals surface area contributed by atoms with Crippen molar-refractivity contribution in [1.82, 2.24) is 5.32 Å². The van der Waals surface area contributed by atoms with E-state index in [2.05, 4.69) is 65.5 Å². The van der Waals surface area contributed by atoms with Crippen LogP contribution in [0.4, 0.5) is 11.4 Å². The van der Waals surface area contributed by atoms with Gasteiger partial charge in [-0.15, -0.1) is 4.33 Å². The topological polar surface area (TPSA) is 203 Å². The maximum atomic E-state index is 13.0. The molecule has 0 bridgehead atoms. The Morgan fingerprint density at radius 3 is 2.38 bits per heavy atom. The molecule has 0 aliphatic carbocycles. The quantitative estimate of drug-likeness (QED) is 0.0156. The number of benzene rings is 3. The summed E-state index contributed by atoms with van der Waals surface area (Å²) in [5.74, 6) is -3.65. The largest absolute Gasteiger partial charge is 0.481 e. The van der Waals surface area contributed by atoms with Gasteiger partial charge in [-0.2, -0.15) is 13.0 Å². The van der Waals surface area contributed by atoms with Crippen molar-refractivity contribution in [3.8, 4) is 0 Å². The summed E-state index contributed by atoms with van der Waals surface area (Å²) in [4.78, 5) is 38.7. The zero-order valence-corrected chi connectivity index (χ0v) is 34.3. The molecule has 16 heteroatoms. The lowest BCUT2D eigenvalue weighted by atomic mass is 9.79. The van der Waals surface area contributed by atoms with E-state index in [1.165, 1.54) is 5.56 Å². The number of amides is 1. The van der Waals surface area contributed by atoms with Crippen molar-refractivity contribution in [2.24, 2.45) is 0 Å². The molecule has 0 aromatic heterocycles. The molecule has 0 spiro atoms. The zero-order valence-electron chi connectivity index (χ0n) is 32.6. The molecule has 58 heavy (non-hydrogen) atoms. The third-order valence-electron chi connectivity index (χ3n) is 10.3. The minimum atomic E-state index is -4.03. The van der Waals surface area contributed by atoms with Gasteiger partial charge in [0, 0.05) is 45.9 Å². The van der Waals surface area contributed by atoms with E-state index in [0.29, 0.717) is 24.3 Å². The Bertz CT molecular complexity index is 2330. The van der Waals surface area contributed by atoms with Gasteiger partial charge in [-0.3, -0.25) is 14.1 Å². The van der Waals surface area contributed by atoms with Gasteiger partial charge in [0.1, 0.15) is 6.04 Å². The molecular formula is C42H48N3O11S2+. The lowest BCUT2D eigenvalue weighted by molar-refractivity contribution is -0.436. The lowest BCUT2D eigenvalue weighted by Gasteiger charge is -2.27. The van der Waals surface area contributed by atoms with Gasteiger partial charge in [-0.05, 0) is 73.4 Å². The SMILES string of the molecule is CC1(C)C(/C=C/C=C/C=C/C=C2/N(CCCCS(=O)(=O)O)c3ccccc3C2(C)C)=[N+](CCC(=O)NC(CC(=O)O)C(=O)O)c2ccc3cc(SOOO)ccc3c21. The first-order valence-corrected chi connectivity index (χ1v) is 21.0. The van der Waals surface area contributed by atoms with Crippen molar-refractivity contribution in [2.45, 2.75) is 75.1 Å². The lowest BCUT2D eigenvalue weighted by Crippen LogP contribution is -2.42. The molecule has 1 atom stereocenters. The fourth-order valence-corrected chi connectivity index (χ4v) is 8.67. The first kappa shape index (κ1) is 44.0. The number of fused-ring (bicyclic) bond motifs is 4. The van der Waals surface area contributed by atoms with Crippen LogP contribution >= 0.6 is 12.0 Å². The number of nitrogens with zero attached hydrogens (tertiary/aromatic N) is 2. The molecule has 3 aromatic rings. The number of carbonyl (C=O) groups excluding carboxylic acids is 1. The number of unbranched alkanes of at least 4 members (excludes halogenated alkanes) is 1. The van der Waals surface area contributed by atoms with Crippen molar-refractivity contribution >= 4 is 67.9 Å². The maximum Gasteiger partial charge on any atom is 0.326 e. The van der Waals surface area contributed by atoms with Crippen LogP contribution in [0, 0.1) is 0 Å². The monoisotopic (exact) mass is 834 g/mol. The molecule has 2 heterocycles. The van der Waals surface area contributed by atoms with Gasteiger partial charge >= 0.3 is 11.9 Å². The van der Waals surface area contributed by atoms with Crippen molar-refractivity contribution in [3.05, 3.63) is 114 Å². The molecule has 14 nitrogen and oxygen atoms in total. The number of para-hydroxylation sites is 1. The Morgan fingerprint density at radius 2 is 1.67 bits per heavy atom. The highest BCUT2D eigenvalue weighted by atomic mass is 32.2. The van der Waals surface area contributed by atoms with E-state index < -0.39 is 45.8 Å². The minimum Gasteiger partial charge on any atom is -0.481 e. The summed E-state index contributed by atoms with van der Waals surface area (Å²) in [6.45, 7) is 9.24. The first-order valence-electron chi connectivity index (χ1n) is 18.6. The molecule has 2 aliphatic rings. The number of carboxylic acids is 2. The Hall–Kier alpha value is -5.10. The van der Waals surface area contributed by atoms with E-state index in [4.69, 9.17) is 10.4 Å². The first-order chi connectivity index (χ1) is 27.5. The van der Waals surface area contributed by atoms with Gasteiger partial charge in [-0.1, -0.05) is 73.5 Å². The number of hydrogen-bond acceptors (Lipinski definition) is 10. The van der Waals surface area contributed by atoms with Crippen LogP contribution in [0.15, 0.2) is 108 Å². The van der Waals surface area contributed by atoms with Crippen LogP contribution < -0.4 is 10.2 Å². The highest BCUT2D eigenvalue weighted by Gasteiger charge is 2.45. The predicted molar refractivity (Wildman–Crippen MR) is 222 cm³/mol. The second kappa shape index (κ2) is 18.7. The molecular weight excluding hydrogens is 787 g/mol. The van der Waals surface area contributed by atoms with Crippen LogP contribution in [0.3, 0.4) is 0 Å². The molecule has 1 unspecified atom stereocenters. The number of aliphatic carboxylic acids is 2. The zero-order chi connectivity index (χ0) is 42.3. The third kappa shape index (κ3) is 10.3. The number of hydrogen-bond donors (Lipinski definition) is 5. The number of rotatable bonds is 19. The van der Waals surface area contributed by atoms with Gasteiger partial charge in [0.25, 0.3) is 10.1 Å². The van der Waals surface area contributed by atoms with Crippen LogP contribution in [0.1, 0.15) is 64.5 Å². The minimum absolute atomic E-state index is 0.104. The second-order valence-corrected chi connectivity index (χ2v) is 17.4. The maximum absolute atomic E-state index is 13.0. The summed E-state index contributed by atoms with van der Waals surface area (Å²) in [5, 5.41) is 35.1.